The van der Waals surface area contributed by atoms with E-state index in [9.17, 15) is 5.11 Å². The van der Waals surface area contributed by atoms with Gasteiger partial charge in [0, 0.05) is 12.8 Å². The molecule has 1 fully saturated rings. The number of rotatable bonds is 4. The van der Waals surface area contributed by atoms with E-state index in [0.29, 0.717) is 18.2 Å². The van der Waals surface area contributed by atoms with Crippen LogP contribution in [0.3, 0.4) is 0 Å². The molecule has 94 valence electrons. The van der Waals surface area contributed by atoms with E-state index in [4.69, 9.17) is 4.52 Å². The van der Waals surface area contributed by atoms with Gasteiger partial charge in [-0.25, -0.2) is 0 Å². The zero-order valence-corrected chi connectivity index (χ0v) is 9.97. The second-order valence-corrected chi connectivity index (χ2v) is 4.68. The van der Waals surface area contributed by atoms with E-state index in [1.165, 1.54) is 0 Å². The minimum atomic E-state index is 0.269. The van der Waals surface area contributed by atoms with Crippen LogP contribution in [0.15, 0.2) is 28.8 Å². The number of hydrogen-bond donors (Lipinski definition) is 2. The summed E-state index contributed by atoms with van der Waals surface area (Å²) in [6.07, 6.45) is 1.49. The van der Waals surface area contributed by atoms with Crippen molar-refractivity contribution in [2.24, 2.45) is 5.92 Å². The molecule has 5 nitrogen and oxygen atoms in total. The molecule has 0 amide bonds. The Hall–Kier alpha value is -1.88. The Labute approximate surface area is 105 Å². The maximum absolute atomic E-state index is 9.20. The van der Waals surface area contributed by atoms with Gasteiger partial charge in [-0.15, -0.1) is 0 Å². The summed E-state index contributed by atoms with van der Waals surface area (Å²) in [5, 5.41) is 16.4. The van der Waals surface area contributed by atoms with Crippen LogP contribution in [-0.2, 0) is 12.8 Å². The molecule has 1 aromatic heterocycles. The molecule has 5 heteroatoms. The highest BCUT2D eigenvalue weighted by molar-refractivity contribution is 5.27. The van der Waals surface area contributed by atoms with Gasteiger partial charge in [0.2, 0.25) is 5.89 Å². The lowest BCUT2D eigenvalue weighted by molar-refractivity contribution is 0.295. The monoisotopic (exact) mass is 245 g/mol. The van der Waals surface area contributed by atoms with Gasteiger partial charge in [-0.1, -0.05) is 17.3 Å². The van der Waals surface area contributed by atoms with Gasteiger partial charge in [-0.3, -0.25) is 0 Å². The van der Waals surface area contributed by atoms with Gasteiger partial charge in [-0.2, -0.15) is 4.98 Å². The molecule has 0 bridgehead atoms. The van der Waals surface area contributed by atoms with Crippen molar-refractivity contribution in [2.75, 3.05) is 13.1 Å². The van der Waals surface area contributed by atoms with Crippen molar-refractivity contribution in [1.29, 1.82) is 0 Å². The Balaban J connectivity index is 1.63. The molecule has 2 heterocycles. The minimum absolute atomic E-state index is 0.269. The van der Waals surface area contributed by atoms with Crippen LogP contribution in [0.25, 0.3) is 0 Å². The Kier molecular flexibility index (Phi) is 2.98. The van der Waals surface area contributed by atoms with Crippen LogP contribution in [0.2, 0.25) is 0 Å². The maximum atomic E-state index is 9.20. The molecule has 0 spiro atoms. The number of hydrogen-bond acceptors (Lipinski definition) is 5. The maximum Gasteiger partial charge on any atom is 0.227 e. The highest BCUT2D eigenvalue weighted by Crippen LogP contribution is 2.14. The fourth-order valence-corrected chi connectivity index (χ4v) is 1.98. The number of phenols is 1. The normalized spacial score (nSPS) is 15.6. The zero-order chi connectivity index (χ0) is 12.4. The Morgan fingerprint density at radius 1 is 1.28 bits per heavy atom. The lowest BCUT2D eigenvalue weighted by atomic mass is 10.00. The van der Waals surface area contributed by atoms with Crippen LogP contribution >= 0.6 is 0 Å². The van der Waals surface area contributed by atoms with Crippen molar-refractivity contribution in [2.45, 2.75) is 12.8 Å². The van der Waals surface area contributed by atoms with Crippen molar-refractivity contribution in [3.05, 3.63) is 41.5 Å². The quantitative estimate of drug-likeness (QED) is 0.844. The summed E-state index contributed by atoms with van der Waals surface area (Å²) in [6.45, 7) is 2.07. The molecular formula is C13H15N3O2. The molecule has 18 heavy (non-hydrogen) atoms. The first kappa shape index (κ1) is 11.2. The van der Waals surface area contributed by atoms with Crippen LogP contribution in [-0.4, -0.2) is 28.3 Å². The molecule has 0 radical (unpaired) electrons. The fourth-order valence-electron chi connectivity index (χ4n) is 1.98. The summed E-state index contributed by atoms with van der Waals surface area (Å²) in [7, 11) is 0. The Bertz CT molecular complexity index is 517. The average molecular weight is 245 g/mol. The summed E-state index contributed by atoms with van der Waals surface area (Å²) < 4.78 is 5.23. The molecule has 2 aromatic rings. The third kappa shape index (κ3) is 2.51. The second kappa shape index (κ2) is 4.78. The van der Waals surface area contributed by atoms with E-state index < -0.39 is 0 Å². The first-order valence-electron chi connectivity index (χ1n) is 6.10. The van der Waals surface area contributed by atoms with Crippen LogP contribution in [0.5, 0.6) is 5.75 Å². The first-order chi connectivity index (χ1) is 8.79. The summed E-state index contributed by atoms with van der Waals surface area (Å²) in [5.41, 5.74) is 1.06. The van der Waals surface area contributed by atoms with Gasteiger partial charge in [-0.05, 0) is 36.7 Å². The predicted molar refractivity (Wildman–Crippen MR) is 65.3 cm³/mol. The fraction of sp³-hybridized carbons (Fsp3) is 0.385. The van der Waals surface area contributed by atoms with Gasteiger partial charge in [0.05, 0.1) is 0 Å². The largest absolute Gasteiger partial charge is 0.508 e. The van der Waals surface area contributed by atoms with Gasteiger partial charge >= 0.3 is 0 Å². The molecule has 0 aliphatic carbocycles. The number of aromatic nitrogens is 2. The average Bonchev–Trinajstić information content (AvgIpc) is 2.75. The molecule has 1 aliphatic heterocycles. The lowest BCUT2D eigenvalue weighted by Crippen LogP contribution is -2.43. The van der Waals surface area contributed by atoms with Gasteiger partial charge in [0.1, 0.15) is 5.75 Å². The third-order valence-electron chi connectivity index (χ3n) is 3.14. The van der Waals surface area contributed by atoms with Crippen molar-refractivity contribution >= 4 is 0 Å². The molecule has 2 N–H and O–H groups in total. The van der Waals surface area contributed by atoms with E-state index in [1.807, 2.05) is 12.1 Å². The highest BCUT2D eigenvalue weighted by Gasteiger charge is 2.20. The Morgan fingerprint density at radius 2 is 2.06 bits per heavy atom. The topological polar surface area (TPSA) is 71.2 Å². The predicted octanol–water partition coefficient (Wildman–Crippen LogP) is 1.13. The molecule has 1 aliphatic rings. The number of nitrogens with zero attached hydrogens (tertiary/aromatic N) is 2. The van der Waals surface area contributed by atoms with Crippen LogP contribution in [0, 0.1) is 5.92 Å². The summed E-state index contributed by atoms with van der Waals surface area (Å²) >= 11 is 0. The lowest BCUT2D eigenvalue weighted by Gasteiger charge is -2.25. The molecule has 3 rings (SSSR count). The third-order valence-corrected chi connectivity index (χ3v) is 3.14. The SMILES string of the molecule is Oc1ccc(Cc2noc(CC3CNC3)n2)cc1. The number of benzene rings is 1. The van der Waals surface area contributed by atoms with E-state index in [0.717, 1.165) is 31.0 Å². The van der Waals surface area contributed by atoms with Crippen molar-refractivity contribution < 1.29 is 9.63 Å². The van der Waals surface area contributed by atoms with E-state index in [-0.39, 0.29) is 5.75 Å². The molecule has 0 atom stereocenters. The van der Waals surface area contributed by atoms with Gasteiger partial charge in [0.15, 0.2) is 5.82 Å². The highest BCUT2D eigenvalue weighted by atomic mass is 16.5. The minimum Gasteiger partial charge on any atom is -0.508 e. The number of nitrogens with one attached hydrogen (secondary N) is 1. The van der Waals surface area contributed by atoms with Crippen molar-refractivity contribution in [3.8, 4) is 5.75 Å². The van der Waals surface area contributed by atoms with Crippen LogP contribution in [0.4, 0.5) is 0 Å². The zero-order valence-electron chi connectivity index (χ0n) is 9.97. The first-order valence-corrected chi connectivity index (χ1v) is 6.10. The molecule has 1 aromatic carbocycles. The molecule has 0 unspecified atom stereocenters. The second-order valence-electron chi connectivity index (χ2n) is 4.68. The van der Waals surface area contributed by atoms with Crippen molar-refractivity contribution in [1.82, 2.24) is 15.5 Å². The molecule has 0 saturated carbocycles. The molecule has 1 saturated heterocycles. The number of phenolic OH excluding ortho intramolecular Hbond substituents is 1. The Morgan fingerprint density at radius 3 is 2.72 bits per heavy atom. The summed E-state index contributed by atoms with van der Waals surface area (Å²) in [4.78, 5) is 4.38. The van der Waals surface area contributed by atoms with Crippen molar-refractivity contribution in [3.63, 3.8) is 0 Å². The van der Waals surface area contributed by atoms with Gasteiger partial charge < -0.3 is 14.9 Å². The van der Waals surface area contributed by atoms with Crippen LogP contribution in [0.1, 0.15) is 17.3 Å². The molecular weight excluding hydrogens is 230 g/mol. The summed E-state index contributed by atoms with van der Waals surface area (Å²) in [5.74, 6) is 2.32. The van der Waals surface area contributed by atoms with E-state index >= 15 is 0 Å². The van der Waals surface area contributed by atoms with E-state index in [1.54, 1.807) is 12.1 Å². The van der Waals surface area contributed by atoms with Gasteiger partial charge in [0.25, 0.3) is 0 Å². The summed E-state index contributed by atoms with van der Waals surface area (Å²) in [6, 6.07) is 7.05. The number of aromatic hydroxyl groups is 1. The standard InChI is InChI=1S/C13H15N3O2/c17-11-3-1-9(2-4-11)5-12-15-13(18-16-12)6-10-7-14-8-10/h1-4,10,14,17H,5-8H2. The smallest absolute Gasteiger partial charge is 0.227 e. The van der Waals surface area contributed by atoms with E-state index in [2.05, 4.69) is 15.5 Å². The van der Waals surface area contributed by atoms with Crippen LogP contribution < -0.4 is 5.32 Å².